The first kappa shape index (κ1) is 37.5. The summed E-state index contributed by atoms with van der Waals surface area (Å²) >= 11 is 0. The summed E-state index contributed by atoms with van der Waals surface area (Å²) in [6.45, 7) is 12.6. The lowest BCUT2D eigenvalue weighted by Gasteiger charge is -2.16. The van der Waals surface area contributed by atoms with Gasteiger partial charge in [-0.1, -0.05) is 174 Å². The zero-order valence-electron chi connectivity index (χ0n) is 34.4. The topological polar surface area (TPSA) is 0 Å². The Morgan fingerprint density at radius 2 is 1.16 bits per heavy atom. The van der Waals surface area contributed by atoms with Crippen LogP contribution in [0.2, 0.25) is 0 Å². The lowest BCUT2D eigenvalue weighted by Crippen LogP contribution is -2.11. The first-order valence-corrected chi connectivity index (χ1v) is 22.8. The molecule has 0 saturated heterocycles. The Hall–Kier alpha value is -6.03. The van der Waals surface area contributed by atoms with Crippen LogP contribution in [0.3, 0.4) is 0 Å². The molecule has 282 valence electrons. The Balaban J connectivity index is 0.000000290. The van der Waals surface area contributed by atoms with Crippen LogP contribution in [0.5, 0.6) is 0 Å². The molecule has 0 bridgehead atoms. The summed E-state index contributed by atoms with van der Waals surface area (Å²) in [5.74, 6) is 0.679. The van der Waals surface area contributed by atoms with Crippen molar-refractivity contribution in [3.05, 3.63) is 186 Å². The molecule has 0 heterocycles. The third-order valence-corrected chi connectivity index (χ3v) is 14.2. The summed E-state index contributed by atoms with van der Waals surface area (Å²) in [6.07, 6.45) is 14.3. The van der Waals surface area contributed by atoms with E-state index in [0.29, 0.717) is 5.92 Å². The molecule has 0 N–H and O–H groups in total. The highest BCUT2D eigenvalue weighted by atomic mass is 31.1. The minimum absolute atomic E-state index is 0.427. The molecule has 0 radical (unpaired) electrons. The maximum atomic E-state index is 3.23. The first-order chi connectivity index (χ1) is 28.6. The molecule has 0 nitrogen and oxygen atoms in total. The Morgan fingerprint density at radius 1 is 0.500 bits per heavy atom. The van der Waals surface area contributed by atoms with Gasteiger partial charge in [0.1, 0.15) is 0 Å². The smallest absolute Gasteiger partial charge is 0.000449 e. The van der Waals surface area contributed by atoms with Crippen molar-refractivity contribution >= 4 is 73.8 Å². The van der Waals surface area contributed by atoms with E-state index in [-0.39, 0.29) is 0 Å². The summed E-state index contributed by atoms with van der Waals surface area (Å²) < 4.78 is 0. The maximum Gasteiger partial charge on any atom is -0.000449 e. The molecular formula is C57H49P. The van der Waals surface area contributed by atoms with Crippen LogP contribution in [0, 0.1) is 5.92 Å². The van der Waals surface area contributed by atoms with Gasteiger partial charge in [0.25, 0.3) is 0 Å². The highest BCUT2D eigenvalue weighted by Gasteiger charge is 2.24. The summed E-state index contributed by atoms with van der Waals surface area (Å²) in [5.41, 5.74) is 16.7. The molecular weight excluding hydrogens is 716 g/mol. The molecule has 8 aromatic rings. The van der Waals surface area contributed by atoms with Crippen LogP contribution in [0.15, 0.2) is 175 Å². The van der Waals surface area contributed by atoms with Gasteiger partial charge in [-0.25, -0.2) is 0 Å². The van der Waals surface area contributed by atoms with Crippen LogP contribution in [-0.4, -0.2) is 6.66 Å². The summed E-state index contributed by atoms with van der Waals surface area (Å²) in [5, 5.41) is 13.5. The van der Waals surface area contributed by atoms with Gasteiger partial charge in [0, 0.05) is 0 Å². The number of benzene rings is 8. The van der Waals surface area contributed by atoms with Gasteiger partial charge in [0.15, 0.2) is 0 Å². The van der Waals surface area contributed by atoms with Crippen LogP contribution < -0.4 is 10.6 Å². The fraction of sp³-hybridized carbons (Fsp3) is 0.140. The van der Waals surface area contributed by atoms with Crippen molar-refractivity contribution in [3.63, 3.8) is 0 Å². The number of fused-ring (bicyclic) bond motifs is 11. The third kappa shape index (κ3) is 6.20. The molecule has 0 saturated carbocycles. The molecule has 8 aromatic carbocycles. The van der Waals surface area contributed by atoms with Crippen LogP contribution in [0.4, 0.5) is 0 Å². The number of hydrogen-bond donors (Lipinski definition) is 0. The van der Waals surface area contributed by atoms with E-state index in [2.05, 4.69) is 189 Å². The van der Waals surface area contributed by atoms with Crippen molar-refractivity contribution in [3.8, 4) is 33.4 Å². The van der Waals surface area contributed by atoms with Gasteiger partial charge in [0.2, 0.25) is 0 Å². The second-order valence-corrected chi connectivity index (χ2v) is 17.2. The van der Waals surface area contributed by atoms with Gasteiger partial charge in [-0.2, -0.15) is 0 Å². The van der Waals surface area contributed by atoms with Gasteiger partial charge in [-0.3, -0.25) is 0 Å². The SMILES string of the molecule is CC.CC.CC1C=CC2=C1C=CC2.CP(c1ccc(-c2ccc3c(c2)c2ccccc2c2cc4c5c(cccc5c32)-c2ccccc2-4)cc1)c1ccc2c(c1)C=C=C2. The van der Waals surface area contributed by atoms with Gasteiger partial charge >= 0.3 is 0 Å². The van der Waals surface area contributed by atoms with Gasteiger partial charge in [-0.05, 0) is 167 Å². The normalized spacial score (nSPS) is 15.2. The van der Waals surface area contributed by atoms with Crippen LogP contribution in [-0.2, 0) is 0 Å². The zero-order chi connectivity index (χ0) is 39.9. The second kappa shape index (κ2) is 15.7. The Bertz CT molecular complexity index is 3070. The maximum absolute atomic E-state index is 3.23. The molecule has 0 spiro atoms. The van der Waals surface area contributed by atoms with Crippen molar-refractivity contribution in [2.45, 2.75) is 41.0 Å². The first-order valence-electron chi connectivity index (χ1n) is 21.0. The molecule has 0 amide bonds. The lowest BCUT2D eigenvalue weighted by atomic mass is 9.88. The average Bonchev–Trinajstić information content (AvgIpc) is 4.11. The molecule has 12 rings (SSSR count). The number of hydrogen-bond acceptors (Lipinski definition) is 0. The fourth-order valence-corrected chi connectivity index (χ4v) is 10.8. The van der Waals surface area contributed by atoms with E-state index < -0.39 is 7.92 Å². The molecule has 2 atom stereocenters. The Labute approximate surface area is 345 Å². The zero-order valence-corrected chi connectivity index (χ0v) is 35.3. The molecule has 1 heteroatoms. The van der Waals surface area contributed by atoms with Crippen molar-refractivity contribution in [1.82, 2.24) is 0 Å². The summed E-state index contributed by atoms with van der Waals surface area (Å²) in [6, 6.07) is 50.3. The highest BCUT2D eigenvalue weighted by Crippen LogP contribution is 2.51. The predicted molar refractivity (Wildman–Crippen MR) is 259 cm³/mol. The van der Waals surface area contributed by atoms with Crippen LogP contribution in [0.1, 0.15) is 52.2 Å². The fourth-order valence-electron chi connectivity index (χ4n) is 9.28. The monoisotopic (exact) mass is 764 g/mol. The number of allylic oxidation sites excluding steroid dienone is 6. The minimum Gasteiger partial charge on any atom is -0.120 e. The Kier molecular flexibility index (Phi) is 10.2. The standard InChI is InChI=1S/C44H27P.C9H10.2C2H6/c1-45(32-22-18-27-8-6-9-29(27)24-32)31-20-16-28(17-21-31)30-19-23-38-40(25-30)34-11-3-5-13-36(34)42-26-41-35-12-4-2-10-33(35)37-14-7-15-39(43(37)41)44(38)42;1-7-5-6-8-3-2-4-9(7)8;2*1-2/h2-5,7-26H,1H3;2,4-7H,3H2,1H3;2*1-2H3. The van der Waals surface area contributed by atoms with Crippen molar-refractivity contribution in [1.29, 1.82) is 0 Å². The quantitative estimate of drug-likeness (QED) is 0.0955. The Morgan fingerprint density at radius 3 is 1.93 bits per heavy atom. The lowest BCUT2D eigenvalue weighted by molar-refractivity contribution is 0.909. The largest absolute Gasteiger partial charge is 0.120 e. The average molecular weight is 765 g/mol. The van der Waals surface area contributed by atoms with Crippen molar-refractivity contribution in [2.75, 3.05) is 6.66 Å². The van der Waals surface area contributed by atoms with E-state index in [1.54, 1.807) is 0 Å². The van der Waals surface area contributed by atoms with E-state index in [0.717, 1.165) is 6.42 Å². The van der Waals surface area contributed by atoms with Gasteiger partial charge in [0.05, 0.1) is 0 Å². The molecule has 4 aliphatic rings. The predicted octanol–water partition coefficient (Wildman–Crippen LogP) is 15.8. The van der Waals surface area contributed by atoms with E-state index >= 15 is 0 Å². The highest BCUT2D eigenvalue weighted by molar-refractivity contribution is 7.72. The van der Waals surface area contributed by atoms with Gasteiger partial charge in [-0.15, -0.1) is 5.73 Å². The molecule has 4 aliphatic carbocycles. The van der Waals surface area contributed by atoms with Crippen molar-refractivity contribution in [2.24, 2.45) is 5.92 Å². The molecule has 0 aliphatic heterocycles. The van der Waals surface area contributed by atoms with Crippen LogP contribution in [0.25, 0.3) is 88.6 Å². The van der Waals surface area contributed by atoms with Crippen LogP contribution >= 0.6 is 7.92 Å². The third-order valence-electron chi connectivity index (χ3n) is 12.1. The van der Waals surface area contributed by atoms with E-state index in [1.807, 2.05) is 27.7 Å². The van der Waals surface area contributed by atoms with Crippen molar-refractivity contribution < 1.29 is 0 Å². The molecule has 0 fully saturated rings. The summed E-state index contributed by atoms with van der Waals surface area (Å²) in [4.78, 5) is 0. The minimum atomic E-state index is -0.427. The molecule has 58 heavy (non-hydrogen) atoms. The van der Waals surface area contributed by atoms with E-state index in [4.69, 9.17) is 0 Å². The second-order valence-electron chi connectivity index (χ2n) is 15.0. The number of rotatable bonds is 3. The summed E-state index contributed by atoms with van der Waals surface area (Å²) in [7, 11) is -0.427. The van der Waals surface area contributed by atoms with E-state index in [9.17, 15) is 0 Å². The van der Waals surface area contributed by atoms with E-state index in [1.165, 1.54) is 109 Å². The molecule has 2 unspecified atom stereocenters. The molecule has 0 aromatic heterocycles. The van der Waals surface area contributed by atoms with Gasteiger partial charge < -0.3 is 0 Å².